The highest BCUT2D eigenvalue weighted by Gasteiger charge is 2.09. The van der Waals surface area contributed by atoms with Crippen molar-refractivity contribution >= 4 is 5.91 Å². The maximum absolute atomic E-state index is 11.6. The Balaban J connectivity index is 2.13. The summed E-state index contributed by atoms with van der Waals surface area (Å²) < 4.78 is 5.23. The third-order valence-electron chi connectivity index (χ3n) is 2.60. The Morgan fingerprint density at radius 3 is 2.94 bits per heavy atom. The number of rotatable bonds is 8. The van der Waals surface area contributed by atoms with Gasteiger partial charge in [0.25, 0.3) is 0 Å². The highest BCUT2D eigenvalue weighted by atomic mass is 16.3. The van der Waals surface area contributed by atoms with Gasteiger partial charge in [0, 0.05) is 18.9 Å². The molecule has 4 nitrogen and oxygen atoms in total. The molecule has 1 aromatic rings. The van der Waals surface area contributed by atoms with Crippen LogP contribution in [0.5, 0.6) is 0 Å². The number of furan rings is 1. The molecule has 1 heterocycles. The zero-order chi connectivity index (χ0) is 12.5. The molecule has 96 valence electrons. The molecular formula is C13H22N2O2. The number of amides is 1. The van der Waals surface area contributed by atoms with Crippen molar-refractivity contribution in [1.29, 1.82) is 0 Å². The normalized spacial score (nSPS) is 12.4. The molecule has 0 fully saturated rings. The van der Waals surface area contributed by atoms with Crippen LogP contribution in [0.1, 0.15) is 38.4 Å². The predicted octanol–water partition coefficient (Wildman–Crippen LogP) is 1.85. The summed E-state index contributed by atoms with van der Waals surface area (Å²) in [5, 5.41) is 2.96. The van der Waals surface area contributed by atoms with Crippen molar-refractivity contribution in [3.05, 3.63) is 24.2 Å². The molecule has 17 heavy (non-hydrogen) atoms. The van der Waals surface area contributed by atoms with Crippen molar-refractivity contribution in [3.63, 3.8) is 0 Å². The van der Waals surface area contributed by atoms with Gasteiger partial charge in [-0.2, -0.15) is 0 Å². The fourth-order valence-electron chi connectivity index (χ4n) is 1.74. The average molecular weight is 238 g/mol. The number of carbonyl (C=O) groups excluding carboxylic acids is 1. The lowest BCUT2D eigenvalue weighted by molar-refractivity contribution is -0.121. The van der Waals surface area contributed by atoms with Gasteiger partial charge in [0.1, 0.15) is 5.76 Å². The first-order valence-electron chi connectivity index (χ1n) is 6.24. The van der Waals surface area contributed by atoms with Crippen LogP contribution in [0.3, 0.4) is 0 Å². The maximum Gasteiger partial charge on any atom is 0.220 e. The number of hydrogen-bond acceptors (Lipinski definition) is 3. The number of unbranched alkanes of at least 4 members (excludes halogenated alkanes) is 2. The average Bonchev–Trinajstić information content (AvgIpc) is 2.77. The molecule has 0 aliphatic heterocycles. The molecule has 0 radical (unpaired) electrons. The van der Waals surface area contributed by atoms with Crippen LogP contribution >= 0.6 is 0 Å². The minimum Gasteiger partial charge on any atom is -0.469 e. The summed E-state index contributed by atoms with van der Waals surface area (Å²) in [6.45, 7) is 2.69. The lowest BCUT2D eigenvalue weighted by Gasteiger charge is -2.12. The van der Waals surface area contributed by atoms with E-state index in [2.05, 4.69) is 5.32 Å². The summed E-state index contributed by atoms with van der Waals surface area (Å²) in [5.74, 6) is 1.02. The van der Waals surface area contributed by atoms with Crippen molar-refractivity contribution in [3.8, 4) is 0 Å². The molecule has 0 saturated heterocycles. The molecule has 1 unspecified atom stereocenters. The standard InChI is InChI=1S/C13H22N2O2/c1-11(10-12-6-5-9-17-12)15-13(16)7-3-2-4-8-14/h5-6,9,11H,2-4,7-8,10,14H2,1H3,(H,15,16). The van der Waals surface area contributed by atoms with E-state index in [1.807, 2.05) is 19.1 Å². The molecule has 1 atom stereocenters. The minimum absolute atomic E-state index is 0.112. The molecular weight excluding hydrogens is 216 g/mol. The highest BCUT2D eigenvalue weighted by Crippen LogP contribution is 2.04. The van der Waals surface area contributed by atoms with Crippen molar-refractivity contribution in [1.82, 2.24) is 5.32 Å². The number of nitrogens with two attached hydrogens (primary N) is 1. The van der Waals surface area contributed by atoms with Gasteiger partial charge in [-0.3, -0.25) is 4.79 Å². The Hall–Kier alpha value is -1.29. The van der Waals surface area contributed by atoms with E-state index in [4.69, 9.17) is 10.2 Å². The second kappa shape index (κ2) is 7.90. The SMILES string of the molecule is CC(Cc1ccco1)NC(=O)CCCCCN. The molecule has 0 aromatic carbocycles. The first kappa shape index (κ1) is 13.8. The van der Waals surface area contributed by atoms with E-state index >= 15 is 0 Å². The fourth-order valence-corrected chi connectivity index (χ4v) is 1.74. The van der Waals surface area contributed by atoms with E-state index in [9.17, 15) is 4.79 Å². The molecule has 3 N–H and O–H groups in total. The zero-order valence-corrected chi connectivity index (χ0v) is 10.4. The van der Waals surface area contributed by atoms with Gasteiger partial charge in [0.2, 0.25) is 5.91 Å². The minimum atomic E-state index is 0.112. The van der Waals surface area contributed by atoms with Crippen LogP contribution in [0.15, 0.2) is 22.8 Å². The Labute approximate surface area is 103 Å². The molecule has 1 rings (SSSR count). The smallest absolute Gasteiger partial charge is 0.220 e. The van der Waals surface area contributed by atoms with Gasteiger partial charge in [-0.25, -0.2) is 0 Å². The summed E-state index contributed by atoms with van der Waals surface area (Å²) in [5.41, 5.74) is 5.39. The molecule has 1 amide bonds. The molecule has 1 aromatic heterocycles. The lowest BCUT2D eigenvalue weighted by atomic mass is 10.1. The Kier molecular flexibility index (Phi) is 6.40. The van der Waals surface area contributed by atoms with E-state index < -0.39 is 0 Å². The van der Waals surface area contributed by atoms with Crippen LogP contribution in [0.2, 0.25) is 0 Å². The van der Waals surface area contributed by atoms with Crippen LogP contribution in [0.25, 0.3) is 0 Å². The third-order valence-corrected chi connectivity index (χ3v) is 2.60. The fraction of sp³-hybridized carbons (Fsp3) is 0.615. The van der Waals surface area contributed by atoms with E-state index in [-0.39, 0.29) is 11.9 Å². The van der Waals surface area contributed by atoms with Crippen LogP contribution in [-0.4, -0.2) is 18.5 Å². The highest BCUT2D eigenvalue weighted by molar-refractivity contribution is 5.76. The Morgan fingerprint density at radius 1 is 1.47 bits per heavy atom. The summed E-state index contributed by atoms with van der Waals surface area (Å²) in [4.78, 5) is 11.6. The van der Waals surface area contributed by atoms with Gasteiger partial charge in [0.05, 0.1) is 6.26 Å². The topological polar surface area (TPSA) is 68.3 Å². The summed E-state index contributed by atoms with van der Waals surface area (Å²) in [7, 11) is 0. The summed E-state index contributed by atoms with van der Waals surface area (Å²) in [6, 6.07) is 3.89. The summed E-state index contributed by atoms with van der Waals surface area (Å²) >= 11 is 0. The molecule has 0 aliphatic rings. The van der Waals surface area contributed by atoms with Crippen LogP contribution < -0.4 is 11.1 Å². The second-order valence-electron chi connectivity index (χ2n) is 4.35. The van der Waals surface area contributed by atoms with Crippen molar-refractivity contribution < 1.29 is 9.21 Å². The van der Waals surface area contributed by atoms with Gasteiger partial charge < -0.3 is 15.5 Å². The van der Waals surface area contributed by atoms with Gasteiger partial charge in [0.15, 0.2) is 0 Å². The third kappa shape index (κ3) is 6.12. The van der Waals surface area contributed by atoms with E-state index in [1.165, 1.54) is 0 Å². The Bertz CT molecular complexity index is 309. The maximum atomic E-state index is 11.6. The first-order valence-corrected chi connectivity index (χ1v) is 6.24. The quantitative estimate of drug-likeness (QED) is 0.679. The lowest BCUT2D eigenvalue weighted by Crippen LogP contribution is -2.33. The van der Waals surface area contributed by atoms with Gasteiger partial charge >= 0.3 is 0 Å². The molecule has 4 heteroatoms. The van der Waals surface area contributed by atoms with Gasteiger partial charge in [-0.05, 0) is 38.4 Å². The van der Waals surface area contributed by atoms with E-state index in [0.29, 0.717) is 13.0 Å². The van der Waals surface area contributed by atoms with Crippen LogP contribution in [-0.2, 0) is 11.2 Å². The summed E-state index contributed by atoms with van der Waals surface area (Å²) in [6.07, 6.45) is 5.91. The monoisotopic (exact) mass is 238 g/mol. The molecule has 0 saturated carbocycles. The van der Waals surface area contributed by atoms with Crippen LogP contribution in [0, 0.1) is 0 Å². The second-order valence-corrected chi connectivity index (χ2v) is 4.35. The molecule has 0 spiro atoms. The predicted molar refractivity (Wildman–Crippen MR) is 67.5 cm³/mol. The van der Waals surface area contributed by atoms with E-state index in [1.54, 1.807) is 6.26 Å². The van der Waals surface area contributed by atoms with Crippen molar-refractivity contribution in [2.45, 2.75) is 45.1 Å². The Morgan fingerprint density at radius 2 is 2.29 bits per heavy atom. The zero-order valence-electron chi connectivity index (χ0n) is 10.4. The van der Waals surface area contributed by atoms with Gasteiger partial charge in [-0.15, -0.1) is 0 Å². The first-order chi connectivity index (χ1) is 8.22. The van der Waals surface area contributed by atoms with Crippen LogP contribution in [0.4, 0.5) is 0 Å². The number of hydrogen-bond donors (Lipinski definition) is 2. The number of nitrogens with one attached hydrogen (secondary N) is 1. The molecule has 0 aliphatic carbocycles. The number of carbonyl (C=O) groups is 1. The van der Waals surface area contributed by atoms with E-state index in [0.717, 1.165) is 31.4 Å². The van der Waals surface area contributed by atoms with Crippen molar-refractivity contribution in [2.24, 2.45) is 5.73 Å². The largest absolute Gasteiger partial charge is 0.469 e. The molecule has 0 bridgehead atoms. The van der Waals surface area contributed by atoms with Gasteiger partial charge in [-0.1, -0.05) is 6.42 Å². The van der Waals surface area contributed by atoms with Crippen molar-refractivity contribution in [2.75, 3.05) is 6.54 Å².